The minimum Gasteiger partial charge on any atom is -0.507 e. The maximum Gasteiger partial charge on any atom is 0.202 e. The summed E-state index contributed by atoms with van der Waals surface area (Å²) in [5.74, 6) is -3.42. The highest BCUT2D eigenvalue weighted by molar-refractivity contribution is 6.31. The molecule has 5 aliphatic rings. The van der Waals surface area contributed by atoms with Crippen LogP contribution in [0, 0.1) is 0 Å². The van der Waals surface area contributed by atoms with Crippen molar-refractivity contribution in [3.8, 4) is 17.2 Å². The highest BCUT2D eigenvalue weighted by Crippen LogP contribution is 2.53. The van der Waals surface area contributed by atoms with E-state index in [1.807, 2.05) is 19.0 Å². The van der Waals surface area contributed by atoms with Gasteiger partial charge in [-0.05, 0) is 47.9 Å². The number of likely N-dealkylation sites (N-methyl/N-ethyl adjacent to an activating group) is 1. The van der Waals surface area contributed by atoms with Crippen molar-refractivity contribution in [2.75, 3.05) is 14.1 Å². The Kier molecular flexibility index (Phi) is 11.1. The van der Waals surface area contributed by atoms with Crippen LogP contribution in [0.1, 0.15) is 109 Å². The fourth-order valence-electron chi connectivity index (χ4n) is 8.81. The van der Waals surface area contributed by atoms with Crippen molar-refractivity contribution in [2.24, 2.45) is 0 Å². The number of aliphatic hydroxyl groups excluding tert-OH is 2. The van der Waals surface area contributed by atoms with Gasteiger partial charge in [-0.2, -0.15) is 0 Å². The SMILES string of the molecule is CC1OC(OC2C(O)CC(OC3C(C)OC(O[C@@H]4CC(O)(C(C)O)Cc5c(O)c6c(c(O)c54)C(=O)c4c(O)cccc4C6=O)CC3N(C)C)OC2C)CCC1=O. The molecule has 306 valence electrons. The average molecular weight is 786 g/mol. The van der Waals surface area contributed by atoms with Gasteiger partial charge in [0, 0.05) is 61.3 Å². The number of benzene rings is 2. The molecule has 2 aromatic carbocycles. The summed E-state index contributed by atoms with van der Waals surface area (Å²) >= 11 is 0. The lowest BCUT2D eigenvalue weighted by molar-refractivity contribution is -0.324. The summed E-state index contributed by atoms with van der Waals surface area (Å²) < 4.78 is 37.2. The highest BCUT2D eigenvalue weighted by Gasteiger charge is 2.50. The molecule has 3 saturated heterocycles. The molecule has 2 aliphatic carbocycles. The van der Waals surface area contributed by atoms with Gasteiger partial charge in [0.05, 0.1) is 52.8 Å². The standard InChI is InChI=1S/C40H51NO15/c1-16-23(43)10-11-27(51-16)55-39-18(3)53-29(13-25(39)45)56-38-17(2)52-28(12-22(38)41(5)6)54-26-15-40(50,19(4)42)14-21-31(26)37(49)33-32(35(21)47)34(46)20-8-7-9-24(44)30(20)36(33)48/h7-9,16-19,22,25-29,38-39,42,44-45,47,49-50H,10-15H2,1-6H3/t16?,17?,18?,19?,22?,25?,26-,27?,28?,29?,38?,39?,40?/m1/s1. The third kappa shape index (κ3) is 7.14. The minimum absolute atomic E-state index is 0.00193. The van der Waals surface area contributed by atoms with Crippen LogP contribution in [0.4, 0.5) is 0 Å². The first kappa shape index (κ1) is 40.6. The molecule has 0 spiro atoms. The number of rotatable bonds is 8. The van der Waals surface area contributed by atoms with E-state index in [9.17, 15) is 45.0 Å². The first-order valence-corrected chi connectivity index (χ1v) is 19.1. The van der Waals surface area contributed by atoms with Crippen molar-refractivity contribution in [1.82, 2.24) is 4.90 Å². The van der Waals surface area contributed by atoms with E-state index in [4.69, 9.17) is 28.4 Å². The number of carbonyl (C=O) groups excluding carboxylic acids is 3. The third-order valence-electron chi connectivity index (χ3n) is 12.0. The number of aliphatic hydroxyl groups is 3. The van der Waals surface area contributed by atoms with Crippen LogP contribution in [-0.2, 0) is 39.6 Å². The van der Waals surface area contributed by atoms with Crippen LogP contribution in [-0.4, -0.2) is 140 Å². The predicted octanol–water partition coefficient (Wildman–Crippen LogP) is 2.12. The van der Waals surface area contributed by atoms with Gasteiger partial charge in [0.15, 0.2) is 30.4 Å². The molecular formula is C40H51NO15. The molecule has 3 fully saturated rings. The number of ether oxygens (including phenoxy) is 6. The highest BCUT2D eigenvalue weighted by atomic mass is 16.7. The minimum atomic E-state index is -1.88. The molecule has 7 rings (SSSR count). The first-order valence-electron chi connectivity index (χ1n) is 19.1. The Balaban J connectivity index is 1.11. The van der Waals surface area contributed by atoms with Crippen LogP contribution in [0.25, 0.3) is 0 Å². The smallest absolute Gasteiger partial charge is 0.202 e. The van der Waals surface area contributed by atoms with Crippen molar-refractivity contribution >= 4 is 17.3 Å². The van der Waals surface area contributed by atoms with Gasteiger partial charge in [0.25, 0.3) is 0 Å². The van der Waals surface area contributed by atoms with E-state index in [0.717, 1.165) is 0 Å². The summed E-state index contributed by atoms with van der Waals surface area (Å²) in [7, 11) is 3.70. The van der Waals surface area contributed by atoms with E-state index in [1.165, 1.54) is 25.1 Å². The molecule has 16 nitrogen and oxygen atoms in total. The van der Waals surface area contributed by atoms with Gasteiger partial charge in [-0.25, -0.2) is 0 Å². The van der Waals surface area contributed by atoms with Crippen LogP contribution in [0.15, 0.2) is 18.2 Å². The van der Waals surface area contributed by atoms with Crippen LogP contribution >= 0.6 is 0 Å². The van der Waals surface area contributed by atoms with Crippen LogP contribution in [0.3, 0.4) is 0 Å². The average Bonchev–Trinajstić information content (AvgIpc) is 3.12. The fraction of sp³-hybridized carbons (Fsp3) is 0.625. The van der Waals surface area contributed by atoms with Gasteiger partial charge in [-0.15, -0.1) is 0 Å². The fourth-order valence-corrected chi connectivity index (χ4v) is 8.81. The molecule has 2 aromatic rings. The summed E-state index contributed by atoms with van der Waals surface area (Å²) in [6, 6.07) is 3.60. The number of ketones is 3. The van der Waals surface area contributed by atoms with Crippen molar-refractivity contribution < 1.29 is 73.4 Å². The molecule has 3 aliphatic heterocycles. The van der Waals surface area contributed by atoms with Gasteiger partial charge in [-0.1, -0.05) is 12.1 Å². The zero-order valence-electron chi connectivity index (χ0n) is 32.2. The third-order valence-corrected chi connectivity index (χ3v) is 12.0. The topological polar surface area (TPSA) is 231 Å². The molecule has 0 radical (unpaired) electrons. The number of carbonyl (C=O) groups is 3. The number of nitrogens with zero attached hydrogens (tertiary/aromatic N) is 1. The molecule has 0 saturated carbocycles. The number of Topliss-reactive ketones (excluding diaryl/α,β-unsaturated/α-hetero) is 1. The van der Waals surface area contributed by atoms with E-state index in [2.05, 4.69) is 0 Å². The summed E-state index contributed by atoms with van der Waals surface area (Å²) in [6.45, 7) is 6.59. The monoisotopic (exact) mass is 785 g/mol. The van der Waals surface area contributed by atoms with Crippen LogP contribution in [0.5, 0.6) is 17.2 Å². The van der Waals surface area contributed by atoms with Gasteiger partial charge in [0.2, 0.25) is 5.78 Å². The number of aromatic hydroxyl groups is 3. The second-order valence-corrected chi connectivity index (χ2v) is 16.0. The number of hydrogen-bond acceptors (Lipinski definition) is 16. The Bertz CT molecular complexity index is 1870. The summed E-state index contributed by atoms with van der Waals surface area (Å²) in [6.07, 6.45) is -8.76. The molecule has 0 amide bonds. The number of fused-ring (bicyclic) bond motifs is 3. The van der Waals surface area contributed by atoms with E-state index in [0.29, 0.717) is 12.8 Å². The maximum atomic E-state index is 13.8. The Hall–Kier alpha value is -3.55. The predicted molar refractivity (Wildman–Crippen MR) is 193 cm³/mol. The van der Waals surface area contributed by atoms with Crippen LogP contribution in [0.2, 0.25) is 0 Å². The quantitative estimate of drug-likeness (QED) is 0.180. The van der Waals surface area contributed by atoms with Crippen molar-refractivity contribution in [3.05, 3.63) is 51.6 Å². The normalized spacial score (nSPS) is 36.5. The summed E-state index contributed by atoms with van der Waals surface area (Å²) in [5, 5.41) is 67.5. The number of phenolic OH excluding ortho intramolecular Hbond substituents is 3. The van der Waals surface area contributed by atoms with Gasteiger partial charge in [0.1, 0.15) is 35.6 Å². The Morgan fingerprint density at radius 2 is 1.48 bits per heavy atom. The Morgan fingerprint density at radius 1 is 0.839 bits per heavy atom. The molecule has 0 bridgehead atoms. The van der Waals surface area contributed by atoms with E-state index < -0.39 is 113 Å². The first-order chi connectivity index (χ1) is 26.4. The lowest BCUT2D eigenvalue weighted by Crippen LogP contribution is -2.58. The second kappa shape index (κ2) is 15.3. The van der Waals surface area contributed by atoms with E-state index in [1.54, 1.807) is 20.8 Å². The van der Waals surface area contributed by atoms with Crippen LogP contribution < -0.4 is 0 Å². The molecule has 12 unspecified atom stereocenters. The Labute approximate surface area is 323 Å². The molecule has 13 atom stereocenters. The zero-order chi connectivity index (χ0) is 40.5. The van der Waals surface area contributed by atoms with Gasteiger partial charge < -0.3 is 64.0 Å². The van der Waals surface area contributed by atoms with Gasteiger partial charge in [-0.3, -0.25) is 14.4 Å². The van der Waals surface area contributed by atoms with Crippen molar-refractivity contribution in [1.29, 1.82) is 0 Å². The number of phenols is 3. The maximum absolute atomic E-state index is 13.8. The lowest BCUT2D eigenvalue weighted by atomic mass is 9.71. The lowest BCUT2D eigenvalue weighted by Gasteiger charge is -2.47. The zero-order valence-corrected chi connectivity index (χ0v) is 32.2. The summed E-state index contributed by atoms with van der Waals surface area (Å²) in [5.41, 5.74) is -3.42. The van der Waals surface area contributed by atoms with Crippen molar-refractivity contribution in [3.63, 3.8) is 0 Å². The second-order valence-electron chi connectivity index (χ2n) is 16.0. The van der Waals surface area contributed by atoms with E-state index >= 15 is 0 Å². The molecule has 6 N–H and O–H groups in total. The largest absolute Gasteiger partial charge is 0.507 e. The number of hydrogen-bond donors (Lipinski definition) is 6. The summed E-state index contributed by atoms with van der Waals surface area (Å²) in [4.78, 5) is 41.3. The molecular weight excluding hydrogens is 734 g/mol. The molecule has 3 heterocycles. The van der Waals surface area contributed by atoms with Crippen molar-refractivity contribution in [2.45, 2.75) is 146 Å². The van der Waals surface area contributed by atoms with Gasteiger partial charge >= 0.3 is 0 Å². The molecule has 0 aromatic heterocycles. The molecule has 56 heavy (non-hydrogen) atoms. The molecule has 16 heteroatoms. The Morgan fingerprint density at radius 3 is 2.12 bits per heavy atom. The van der Waals surface area contributed by atoms with E-state index in [-0.39, 0.29) is 59.8 Å².